The summed E-state index contributed by atoms with van der Waals surface area (Å²) in [6, 6.07) is 8.87. The van der Waals surface area contributed by atoms with Crippen LogP contribution in [0.2, 0.25) is 0 Å². The Morgan fingerprint density at radius 3 is 2.47 bits per heavy atom. The number of piperidine rings is 1. The zero-order valence-corrected chi connectivity index (χ0v) is 16.4. The van der Waals surface area contributed by atoms with Gasteiger partial charge in [-0.1, -0.05) is 18.2 Å². The third-order valence-corrected chi connectivity index (χ3v) is 6.80. The van der Waals surface area contributed by atoms with E-state index in [4.69, 9.17) is 0 Å². The molecule has 2 aromatic carbocycles. The molecule has 1 saturated carbocycles. The molecule has 154 valence electrons. The average molecular weight is 406 g/mol. The SMILES string of the molecule is O=C1CCC(N2C(=O)c3cccc4c(C5CCC(C(=O)O)CC5)ccc2c34)C(=O)N1. The molecule has 1 saturated heterocycles. The number of amides is 3. The Bertz CT molecular complexity index is 1100. The molecule has 3 amide bonds. The first-order chi connectivity index (χ1) is 14.5. The first-order valence-electron chi connectivity index (χ1n) is 10.4. The molecule has 0 radical (unpaired) electrons. The van der Waals surface area contributed by atoms with E-state index in [0.717, 1.165) is 29.2 Å². The highest BCUT2D eigenvalue weighted by Gasteiger charge is 2.41. The monoisotopic (exact) mass is 406 g/mol. The van der Waals surface area contributed by atoms with Gasteiger partial charge < -0.3 is 5.11 Å². The van der Waals surface area contributed by atoms with Crippen LogP contribution in [0.15, 0.2) is 30.3 Å². The van der Waals surface area contributed by atoms with Gasteiger partial charge in [0, 0.05) is 17.4 Å². The number of rotatable bonds is 3. The lowest BCUT2D eigenvalue weighted by molar-refractivity contribution is -0.143. The highest BCUT2D eigenvalue weighted by molar-refractivity contribution is 6.27. The minimum absolute atomic E-state index is 0.211. The molecule has 2 N–H and O–H groups in total. The average Bonchev–Trinajstić information content (AvgIpc) is 3.02. The zero-order valence-electron chi connectivity index (χ0n) is 16.4. The smallest absolute Gasteiger partial charge is 0.306 e. The van der Waals surface area contributed by atoms with Gasteiger partial charge in [0.25, 0.3) is 5.91 Å². The fourth-order valence-electron chi connectivity index (χ4n) is 5.27. The molecule has 1 atom stereocenters. The normalized spacial score (nSPS) is 26.2. The van der Waals surface area contributed by atoms with Crippen LogP contribution in [0.25, 0.3) is 10.8 Å². The van der Waals surface area contributed by atoms with Gasteiger partial charge in [0.2, 0.25) is 11.8 Å². The van der Waals surface area contributed by atoms with Crippen LogP contribution in [-0.4, -0.2) is 34.8 Å². The Balaban J connectivity index is 1.53. The Morgan fingerprint density at radius 2 is 1.77 bits per heavy atom. The minimum Gasteiger partial charge on any atom is -0.481 e. The fourth-order valence-corrected chi connectivity index (χ4v) is 5.27. The topological polar surface area (TPSA) is 104 Å². The van der Waals surface area contributed by atoms with E-state index in [1.54, 1.807) is 6.07 Å². The number of benzene rings is 2. The lowest BCUT2D eigenvalue weighted by Crippen LogP contribution is -2.53. The number of nitrogens with one attached hydrogen (secondary N) is 1. The summed E-state index contributed by atoms with van der Waals surface area (Å²) in [4.78, 5) is 50.0. The Hall–Kier alpha value is -3.22. The van der Waals surface area contributed by atoms with Gasteiger partial charge in [0.05, 0.1) is 11.6 Å². The van der Waals surface area contributed by atoms with Gasteiger partial charge in [-0.15, -0.1) is 0 Å². The van der Waals surface area contributed by atoms with Gasteiger partial charge >= 0.3 is 5.97 Å². The molecule has 0 spiro atoms. The van der Waals surface area contributed by atoms with Crippen LogP contribution in [0.1, 0.15) is 60.4 Å². The summed E-state index contributed by atoms with van der Waals surface area (Å²) in [6.45, 7) is 0. The Kier molecular flexibility index (Phi) is 4.34. The number of anilines is 1. The van der Waals surface area contributed by atoms with Crippen molar-refractivity contribution in [3.8, 4) is 0 Å². The Morgan fingerprint density at radius 1 is 1.00 bits per heavy atom. The number of carbonyl (C=O) groups is 4. The molecule has 30 heavy (non-hydrogen) atoms. The van der Waals surface area contributed by atoms with E-state index >= 15 is 0 Å². The number of carbonyl (C=O) groups excluding carboxylic acids is 3. The first kappa shape index (κ1) is 18.8. The van der Waals surface area contributed by atoms with Crippen molar-refractivity contribution in [3.63, 3.8) is 0 Å². The maximum Gasteiger partial charge on any atom is 0.306 e. The molecule has 2 aliphatic heterocycles. The summed E-state index contributed by atoms with van der Waals surface area (Å²) in [7, 11) is 0. The van der Waals surface area contributed by atoms with Gasteiger partial charge in [-0.3, -0.25) is 29.4 Å². The third kappa shape index (κ3) is 2.80. The van der Waals surface area contributed by atoms with Crippen molar-refractivity contribution in [1.82, 2.24) is 5.32 Å². The Labute approximate surface area is 173 Å². The van der Waals surface area contributed by atoms with Crippen LogP contribution in [0.4, 0.5) is 5.69 Å². The summed E-state index contributed by atoms with van der Waals surface area (Å²) in [6.07, 6.45) is 3.45. The van der Waals surface area contributed by atoms with Crippen LogP contribution in [0.5, 0.6) is 0 Å². The van der Waals surface area contributed by atoms with Crippen molar-refractivity contribution in [1.29, 1.82) is 0 Å². The van der Waals surface area contributed by atoms with Crippen LogP contribution in [0.3, 0.4) is 0 Å². The summed E-state index contributed by atoms with van der Waals surface area (Å²) in [5.41, 5.74) is 2.42. The lowest BCUT2D eigenvalue weighted by Gasteiger charge is -2.31. The second-order valence-corrected chi connectivity index (χ2v) is 8.43. The first-order valence-corrected chi connectivity index (χ1v) is 10.4. The van der Waals surface area contributed by atoms with E-state index in [2.05, 4.69) is 5.32 Å². The van der Waals surface area contributed by atoms with Gasteiger partial charge in [-0.25, -0.2) is 0 Å². The second kappa shape index (κ2) is 6.93. The van der Waals surface area contributed by atoms with Crippen LogP contribution in [-0.2, 0) is 14.4 Å². The number of carboxylic acids is 1. The number of hydrogen-bond acceptors (Lipinski definition) is 4. The number of imide groups is 1. The minimum atomic E-state index is -0.723. The van der Waals surface area contributed by atoms with Crippen molar-refractivity contribution in [2.75, 3.05) is 4.90 Å². The van der Waals surface area contributed by atoms with Crippen molar-refractivity contribution < 1.29 is 24.3 Å². The molecule has 2 fully saturated rings. The van der Waals surface area contributed by atoms with E-state index in [9.17, 15) is 24.3 Å². The van der Waals surface area contributed by atoms with Crippen LogP contribution >= 0.6 is 0 Å². The molecule has 3 aliphatic rings. The quantitative estimate of drug-likeness (QED) is 0.763. The van der Waals surface area contributed by atoms with Gasteiger partial charge in [-0.2, -0.15) is 0 Å². The lowest BCUT2D eigenvalue weighted by atomic mass is 9.77. The molecule has 1 aliphatic carbocycles. The van der Waals surface area contributed by atoms with Gasteiger partial charge in [0.1, 0.15) is 6.04 Å². The largest absolute Gasteiger partial charge is 0.481 e. The second-order valence-electron chi connectivity index (χ2n) is 8.43. The highest BCUT2D eigenvalue weighted by Crippen LogP contribution is 2.45. The van der Waals surface area contributed by atoms with Gasteiger partial charge in [-0.05, 0) is 61.1 Å². The molecule has 5 rings (SSSR count). The molecule has 2 heterocycles. The number of nitrogens with zero attached hydrogens (tertiary/aromatic N) is 1. The number of aliphatic carboxylic acids is 1. The van der Waals surface area contributed by atoms with Crippen LogP contribution in [0, 0.1) is 5.92 Å². The fraction of sp³-hybridized carbons (Fsp3) is 0.391. The van der Waals surface area contributed by atoms with Crippen molar-refractivity contribution in [2.45, 2.75) is 50.5 Å². The molecular weight excluding hydrogens is 384 g/mol. The maximum atomic E-state index is 13.2. The number of hydrogen-bond donors (Lipinski definition) is 2. The number of carboxylic acid groups (broad SMARTS) is 1. The molecule has 1 unspecified atom stereocenters. The zero-order chi connectivity index (χ0) is 21.0. The summed E-state index contributed by atoms with van der Waals surface area (Å²) in [5.74, 6) is -1.70. The molecule has 0 aromatic heterocycles. The van der Waals surface area contributed by atoms with E-state index in [-0.39, 0.29) is 30.1 Å². The van der Waals surface area contributed by atoms with E-state index < -0.39 is 17.9 Å². The molecule has 0 bridgehead atoms. The molecule has 7 heteroatoms. The van der Waals surface area contributed by atoms with Gasteiger partial charge in [0.15, 0.2) is 0 Å². The predicted octanol–water partition coefficient (Wildman–Crippen LogP) is 2.96. The van der Waals surface area contributed by atoms with Crippen molar-refractivity contribution in [3.05, 3.63) is 41.5 Å². The van der Waals surface area contributed by atoms with E-state index in [1.165, 1.54) is 4.90 Å². The predicted molar refractivity (Wildman–Crippen MR) is 109 cm³/mol. The third-order valence-electron chi connectivity index (χ3n) is 6.80. The van der Waals surface area contributed by atoms with Crippen LogP contribution < -0.4 is 10.2 Å². The van der Waals surface area contributed by atoms with E-state index in [0.29, 0.717) is 30.5 Å². The summed E-state index contributed by atoms with van der Waals surface area (Å²) in [5, 5.41) is 13.5. The van der Waals surface area contributed by atoms with Crippen molar-refractivity contribution in [2.24, 2.45) is 5.92 Å². The molecular formula is C23H22N2O5. The highest BCUT2D eigenvalue weighted by atomic mass is 16.4. The standard InChI is InChI=1S/C23H22N2O5/c26-19-11-10-18(21(27)24-19)25-17-9-8-14(12-4-6-13(7-5-12)23(29)30)15-2-1-3-16(20(15)17)22(25)28/h1-3,8-9,12-13,18H,4-7,10-11H2,(H,29,30)(H,24,26,27). The maximum absolute atomic E-state index is 13.2. The van der Waals surface area contributed by atoms with E-state index in [1.807, 2.05) is 24.3 Å². The molecule has 7 nitrogen and oxygen atoms in total. The van der Waals surface area contributed by atoms with Crippen molar-refractivity contribution >= 4 is 40.2 Å². The summed E-state index contributed by atoms with van der Waals surface area (Å²) < 4.78 is 0. The summed E-state index contributed by atoms with van der Waals surface area (Å²) >= 11 is 0. The molecule has 2 aromatic rings.